The van der Waals surface area contributed by atoms with Crippen LogP contribution in [0.3, 0.4) is 0 Å². The minimum atomic E-state index is -0.176. The Morgan fingerprint density at radius 3 is 2.30 bits per heavy atom. The summed E-state index contributed by atoms with van der Waals surface area (Å²) in [6.07, 6.45) is 3.31. The Hall–Kier alpha value is -2.51. The normalized spacial score (nSPS) is 20.7. The molecule has 0 aliphatic heterocycles. The maximum Gasteiger partial charge on any atom is 0.101 e. The van der Waals surface area contributed by atoms with Gasteiger partial charge in [-0.15, -0.1) is 0 Å². The molecule has 0 spiro atoms. The van der Waals surface area contributed by atoms with Gasteiger partial charge in [0.05, 0.1) is 17.4 Å². The second kappa shape index (κ2) is 6.72. The van der Waals surface area contributed by atoms with Crippen LogP contribution in [0.5, 0.6) is 0 Å². The number of nitrogens with zero attached hydrogens (tertiary/aromatic N) is 1. The summed E-state index contributed by atoms with van der Waals surface area (Å²) in [5.41, 5.74) is 10.1. The Morgan fingerprint density at radius 1 is 1.00 bits per heavy atom. The van der Waals surface area contributed by atoms with Gasteiger partial charge >= 0.3 is 0 Å². The minimum absolute atomic E-state index is 0.176. The van der Waals surface area contributed by atoms with Gasteiger partial charge in [0, 0.05) is 11.7 Å². The van der Waals surface area contributed by atoms with E-state index in [4.69, 9.17) is 5.73 Å². The fourth-order valence-corrected chi connectivity index (χ4v) is 3.06. The first kappa shape index (κ1) is 15.4. The van der Waals surface area contributed by atoms with Crippen LogP contribution in [0, 0.1) is 11.3 Å². The van der Waals surface area contributed by atoms with Crippen LogP contribution in [-0.2, 0) is 0 Å². The second-order valence-electron chi connectivity index (χ2n) is 6.14. The highest BCUT2D eigenvalue weighted by Gasteiger charge is 2.20. The van der Waals surface area contributed by atoms with Crippen LogP contribution in [0.15, 0.2) is 42.5 Å². The summed E-state index contributed by atoms with van der Waals surface area (Å²) in [6.45, 7) is 0. The highest BCUT2D eigenvalue weighted by Crippen LogP contribution is 2.29. The fourth-order valence-electron chi connectivity index (χ4n) is 3.06. The molecule has 0 heterocycles. The lowest BCUT2D eigenvalue weighted by atomic mass is 9.92. The molecule has 3 rings (SSSR count). The van der Waals surface area contributed by atoms with E-state index in [2.05, 4.69) is 11.4 Å². The maximum absolute atomic E-state index is 9.62. The second-order valence-corrected chi connectivity index (χ2v) is 6.14. The molecule has 4 heteroatoms. The zero-order chi connectivity index (χ0) is 16.2. The van der Waals surface area contributed by atoms with E-state index in [1.54, 1.807) is 0 Å². The van der Waals surface area contributed by atoms with Crippen LogP contribution < -0.4 is 11.1 Å². The van der Waals surface area contributed by atoms with Crippen LogP contribution in [0.1, 0.15) is 31.2 Å². The Labute approximate surface area is 136 Å². The van der Waals surface area contributed by atoms with E-state index in [-0.39, 0.29) is 6.10 Å². The molecule has 4 nitrogen and oxygen atoms in total. The molecule has 4 N–H and O–H groups in total. The molecule has 0 radical (unpaired) electrons. The number of anilines is 2. The molecule has 0 aromatic heterocycles. The summed E-state index contributed by atoms with van der Waals surface area (Å²) in [6, 6.07) is 16.1. The lowest BCUT2D eigenvalue weighted by Crippen LogP contribution is -2.28. The third kappa shape index (κ3) is 3.64. The number of aliphatic hydroxyl groups is 1. The van der Waals surface area contributed by atoms with E-state index in [1.165, 1.54) is 0 Å². The predicted octanol–water partition coefficient (Wildman–Crippen LogP) is 3.52. The molecule has 1 aliphatic rings. The van der Waals surface area contributed by atoms with Gasteiger partial charge in [0.1, 0.15) is 6.07 Å². The van der Waals surface area contributed by atoms with Crippen molar-refractivity contribution in [3.63, 3.8) is 0 Å². The third-order valence-corrected chi connectivity index (χ3v) is 4.44. The number of rotatable bonds is 3. The van der Waals surface area contributed by atoms with Gasteiger partial charge in [0.15, 0.2) is 0 Å². The van der Waals surface area contributed by atoms with Gasteiger partial charge < -0.3 is 16.2 Å². The van der Waals surface area contributed by atoms with Gasteiger partial charge in [-0.1, -0.05) is 18.2 Å². The van der Waals surface area contributed by atoms with Crippen molar-refractivity contribution in [2.24, 2.45) is 0 Å². The van der Waals surface area contributed by atoms with Gasteiger partial charge in [-0.2, -0.15) is 5.26 Å². The molecule has 0 amide bonds. The van der Waals surface area contributed by atoms with Gasteiger partial charge in [-0.3, -0.25) is 0 Å². The third-order valence-electron chi connectivity index (χ3n) is 4.44. The van der Waals surface area contributed by atoms with E-state index >= 15 is 0 Å². The summed E-state index contributed by atoms with van der Waals surface area (Å²) in [7, 11) is 0. The van der Waals surface area contributed by atoms with Crippen molar-refractivity contribution < 1.29 is 5.11 Å². The summed E-state index contributed by atoms with van der Waals surface area (Å²) < 4.78 is 0. The van der Waals surface area contributed by atoms with Gasteiger partial charge in [0.2, 0.25) is 0 Å². The molecule has 1 aliphatic carbocycles. The quantitative estimate of drug-likeness (QED) is 0.758. The van der Waals surface area contributed by atoms with Crippen molar-refractivity contribution in [3.8, 4) is 17.2 Å². The number of hydrogen-bond acceptors (Lipinski definition) is 4. The van der Waals surface area contributed by atoms with E-state index in [0.717, 1.165) is 48.2 Å². The van der Waals surface area contributed by atoms with E-state index < -0.39 is 0 Å². The minimum Gasteiger partial charge on any atom is -0.399 e. The molecule has 118 valence electrons. The van der Waals surface area contributed by atoms with Crippen molar-refractivity contribution >= 4 is 11.4 Å². The molecule has 0 atom stereocenters. The molecule has 2 aromatic rings. The number of aliphatic hydroxyl groups excluding tert-OH is 1. The molecule has 0 unspecified atom stereocenters. The fraction of sp³-hybridized carbons (Fsp3) is 0.316. The topological polar surface area (TPSA) is 82.1 Å². The largest absolute Gasteiger partial charge is 0.399 e. The van der Waals surface area contributed by atoms with Gasteiger partial charge in [-0.25, -0.2) is 0 Å². The van der Waals surface area contributed by atoms with Crippen molar-refractivity contribution in [2.45, 2.75) is 37.8 Å². The first-order valence-corrected chi connectivity index (χ1v) is 8.00. The molecule has 0 saturated heterocycles. The molecule has 0 bridgehead atoms. The number of nitriles is 1. The SMILES string of the molecule is N#Cc1ccc(-c2ccc(N)cc2)cc1NC1CCC(O)CC1. The predicted molar refractivity (Wildman–Crippen MR) is 92.9 cm³/mol. The van der Waals surface area contributed by atoms with Crippen LogP contribution in [0.4, 0.5) is 11.4 Å². The molecule has 1 fully saturated rings. The smallest absolute Gasteiger partial charge is 0.101 e. The van der Waals surface area contributed by atoms with Crippen LogP contribution in [-0.4, -0.2) is 17.3 Å². The summed E-state index contributed by atoms with van der Waals surface area (Å²) in [5, 5.41) is 22.4. The molecule has 1 saturated carbocycles. The van der Waals surface area contributed by atoms with Crippen molar-refractivity contribution in [1.82, 2.24) is 0 Å². The zero-order valence-corrected chi connectivity index (χ0v) is 13.0. The Kier molecular flexibility index (Phi) is 4.50. The molecule has 23 heavy (non-hydrogen) atoms. The van der Waals surface area contributed by atoms with Gasteiger partial charge in [0.25, 0.3) is 0 Å². The van der Waals surface area contributed by atoms with Crippen LogP contribution in [0.25, 0.3) is 11.1 Å². The summed E-state index contributed by atoms with van der Waals surface area (Å²) >= 11 is 0. The highest BCUT2D eigenvalue weighted by molar-refractivity contribution is 5.73. The van der Waals surface area contributed by atoms with Crippen molar-refractivity contribution in [2.75, 3.05) is 11.1 Å². The Bertz CT molecular complexity index is 710. The number of hydrogen-bond donors (Lipinski definition) is 3. The first-order chi connectivity index (χ1) is 11.2. The lowest BCUT2D eigenvalue weighted by Gasteiger charge is -2.27. The van der Waals surface area contributed by atoms with Crippen LogP contribution >= 0.6 is 0 Å². The first-order valence-electron chi connectivity index (χ1n) is 8.00. The number of nitrogens with one attached hydrogen (secondary N) is 1. The molecule has 2 aromatic carbocycles. The highest BCUT2D eigenvalue weighted by atomic mass is 16.3. The maximum atomic E-state index is 9.62. The van der Waals surface area contributed by atoms with E-state index in [1.807, 2.05) is 42.5 Å². The molecular formula is C19H21N3O. The van der Waals surface area contributed by atoms with Crippen molar-refractivity contribution in [3.05, 3.63) is 48.0 Å². The average Bonchev–Trinajstić information content (AvgIpc) is 2.57. The van der Waals surface area contributed by atoms with E-state index in [9.17, 15) is 10.4 Å². The number of nitrogens with two attached hydrogens (primary N) is 1. The Morgan fingerprint density at radius 2 is 1.65 bits per heavy atom. The summed E-state index contributed by atoms with van der Waals surface area (Å²) in [5.74, 6) is 0. The number of nitrogen functional groups attached to an aromatic ring is 1. The van der Waals surface area contributed by atoms with Crippen LogP contribution in [0.2, 0.25) is 0 Å². The Balaban J connectivity index is 1.85. The number of benzene rings is 2. The summed E-state index contributed by atoms with van der Waals surface area (Å²) in [4.78, 5) is 0. The zero-order valence-electron chi connectivity index (χ0n) is 13.0. The average molecular weight is 307 g/mol. The lowest BCUT2D eigenvalue weighted by molar-refractivity contribution is 0.126. The van der Waals surface area contributed by atoms with E-state index in [0.29, 0.717) is 11.6 Å². The van der Waals surface area contributed by atoms with Gasteiger partial charge in [-0.05, 0) is 61.1 Å². The van der Waals surface area contributed by atoms with Crippen molar-refractivity contribution in [1.29, 1.82) is 5.26 Å². The standard InChI is InChI=1S/C19H21N3O/c20-12-15-2-1-14(13-3-5-16(21)6-4-13)11-19(15)22-17-7-9-18(23)10-8-17/h1-6,11,17-18,22-23H,7-10,21H2. The monoisotopic (exact) mass is 307 g/mol. The molecular weight excluding hydrogens is 286 g/mol.